The zero-order valence-electron chi connectivity index (χ0n) is 13.4. The van der Waals surface area contributed by atoms with Gasteiger partial charge in [0.2, 0.25) is 0 Å². The molecule has 1 aliphatic rings. The standard InChI is InChI=1S/C16H28ClN3S/c1-4-18-15(11-21-13-8-6-5-7-9-13)16-14(17)10-19-20(16)12(2)3/h10,12-13,15,18H,4-9,11H2,1-3H3. The van der Waals surface area contributed by atoms with Crippen LogP contribution in [0.1, 0.15) is 70.7 Å². The highest BCUT2D eigenvalue weighted by Crippen LogP contribution is 2.33. The molecule has 1 N–H and O–H groups in total. The van der Waals surface area contributed by atoms with Crippen molar-refractivity contribution in [2.45, 2.75) is 70.2 Å². The summed E-state index contributed by atoms with van der Waals surface area (Å²) in [5.41, 5.74) is 1.15. The smallest absolute Gasteiger partial charge is 0.0834 e. The summed E-state index contributed by atoms with van der Waals surface area (Å²) in [5.74, 6) is 1.08. The molecule has 0 bridgehead atoms. The SMILES string of the molecule is CCNC(CSC1CCCCC1)c1c(Cl)cnn1C(C)C. The van der Waals surface area contributed by atoms with Crippen molar-refractivity contribution in [3.8, 4) is 0 Å². The zero-order valence-corrected chi connectivity index (χ0v) is 15.0. The van der Waals surface area contributed by atoms with Crippen LogP contribution in [0, 0.1) is 0 Å². The van der Waals surface area contributed by atoms with Gasteiger partial charge < -0.3 is 5.32 Å². The Morgan fingerprint density at radius 2 is 2.10 bits per heavy atom. The van der Waals surface area contributed by atoms with Crippen molar-refractivity contribution >= 4 is 23.4 Å². The Balaban J connectivity index is 2.05. The van der Waals surface area contributed by atoms with E-state index < -0.39 is 0 Å². The third-order valence-electron chi connectivity index (χ3n) is 4.11. The summed E-state index contributed by atoms with van der Waals surface area (Å²) in [6, 6.07) is 0.632. The molecular weight excluding hydrogens is 302 g/mol. The van der Waals surface area contributed by atoms with Crippen LogP contribution in [0.2, 0.25) is 5.02 Å². The van der Waals surface area contributed by atoms with Crippen molar-refractivity contribution in [3.05, 3.63) is 16.9 Å². The van der Waals surface area contributed by atoms with Crippen molar-refractivity contribution in [3.63, 3.8) is 0 Å². The van der Waals surface area contributed by atoms with E-state index in [0.29, 0.717) is 12.1 Å². The first kappa shape index (κ1) is 17.2. The molecule has 1 fully saturated rings. The number of aromatic nitrogens is 2. The van der Waals surface area contributed by atoms with E-state index in [1.165, 1.54) is 32.1 Å². The van der Waals surface area contributed by atoms with Crippen LogP contribution in [0.15, 0.2) is 6.20 Å². The van der Waals surface area contributed by atoms with E-state index in [4.69, 9.17) is 11.6 Å². The minimum absolute atomic E-state index is 0.291. The minimum Gasteiger partial charge on any atom is -0.308 e. The third-order valence-corrected chi connectivity index (χ3v) is 5.87. The molecule has 0 amide bonds. The van der Waals surface area contributed by atoms with Gasteiger partial charge in [-0.2, -0.15) is 16.9 Å². The molecule has 1 aromatic rings. The van der Waals surface area contributed by atoms with E-state index in [1.54, 1.807) is 6.20 Å². The van der Waals surface area contributed by atoms with Crippen LogP contribution in [0.3, 0.4) is 0 Å². The maximum atomic E-state index is 6.41. The number of hydrogen-bond acceptors (Lipinski definition) is 3. The Morgan fingerprint density at radius 1 is 1.38 bits per heavy atom. The molecule has 0 aromatic carbocycles. The van der Waals surface area contributed by atoms with Gasteiger partial charge in [-0.15, -0.1) is 0 Å². The van der Waals surface area contributed by atoms with Crippen molar-refractivity contribution in [1.82, 2.24) is 15.1 Å². The maximum Gasteiger partial charge on any atom is 0.0834 e. The maximum absolute atomic E-state index is 6.41. The Morgan fingerprint density at radius 3 is 2.71 bits per heavy atom. The molecule has 0 saturated heterocycles. The first-order chi connectivity index (χ1) is 10.1. The summed E-state index contributed by atoms with van der Waals surface area (Å²) in [5, 5.41) is 9.66. The fourth-order valence-electron chi connectivity index (χ4n) is 3.03. The molecule has 1 aromatic heterocycles. The quantitative estimate of drug-likeness (QED) is 0.776. The number of rotatable bonds is 7. The van der Waals surface area contributed by atoms with Gasteiger partial charge in [0, 0.05) is 17.0 Å². The van der Waals surface area contributed by atoms with E-state index >= 15 is 0 Å². The second-order valence-electron chi connectivity index (χ2n) is 6.12. The van der Waals surface area contributed by atoms with Gasteiger partial charge in [-0.05, 0) is 33.2 Å². The van der Waals surface area contributed by atoms with Crippen LogP contribution in [0.25, 0.3) is 0 Å². The van der Waals surface area contributed by atoms with E-state index in [0.717, 1.165) is 28.3 Å². The molecule has 1 saturated carbocycles. The molecule has 0 radical (unpaired) electrons. The van der Waals surface area contributed by atoms with E-state index in [9.17, 15) is 0 Å². The molecule has 120 valence electrons. The summed E-state index contributed by atoms with van der Waals surface area (Å²) in [7, 11) is 0. The molecule has 1 unspecified atom stereocenters. The van der Waals surface area contributed by atoms with Crippen molar-refractivity contribution < 1.29 is 0 Å². The lowest BCUT2D eigenvalue weighted by molar-refractivity contribution is 0.467. The molecular formula is C16H28ClN3S. The monoisotopic (exact) mass is 329 g/mol. The Kier molecular flexibility index (Phi) is 6.90. The number of halogens is 1. The predicted octanol–water partition coefficient (Wildman–Crippen LogP) is 4.83. The Hall–Kier alpha value is -0.190. The van der Waals surface area contributed by atoms with Crippen molar-refractivity contribution in [2.24, 2.45) is 0 Å². The van der Waals surface area contributed by atoms with Gasteiger partial charge in [0.15, 0.2) is 0 Å². The molecule has 1 heterocycles. The minimum atomic E-state index is 0.291. The summed E-state index contributed by atoms with van der Waals surface area (Å²) >= 11 is 8.52. The Labute approximate surface area is 138 Å². The van der Waals surface area contributed by atoms with Crippen LogP contribution in [0.4, 0.5) is 0 Å². The molecule has 2 rings (SSSR count). The van der Waals surface area contributed by atoms with Crippen LogP contribution < -0.4 is 5.32 Å². The zero-order chi connectivity index (χ0) is 15.2. The largest absolute Gasteiger partial charge is 0.308 e. The fourth-order valence-corrected chi connectivity index (χ4v) is 4.70. The van der Waals surface area contributed by atoms with Crippen LogP contribution in [-0.2, 0) is 0 Å². The van der Waals surface area contributed by atoms with Crippen LogP contribution in [0.5, 0.6) is 0 Å². The summed E-state index contributed by atoms with van der Waals surface area (Å²) in [6.45, 7) is 7.42. The van der Waals surface area contributed by atoms with Crippen LogP contribution in [-0.4, -0.2) is 27.3 Å². The highest BCUT2D eigenvalue weighted by atomic mass is 35.5. The first-order valence-electron chi connectivity index (χ1n) is 8.21. The van der Waals surface area contributed by atoms with Gasteiger partial charge in [0.1, 0.15) is 0 Å². The van der Waals surface area contributed by atoms with Crippen molar-refractivity contribution in [2.75, 3.05) is 12.3 Å². The topological polar surface area (TPSA) is 29.9 Å². The lowest BCUT2D eigenvalue weighted by Gasteiger charge is -2.26. The molecule has 1 aliphatic carbocycles. The summed E-state index contributed by atoms with van der Waals surface area (Å²) < 4.78 is 2.07. The van der Waals surface area contributed by atoms with Crippen LogP contribution >= 0.6 is 23.4 Å². The number of nitrogens with zero attached hydrogens (tertiary/aromatic N) is 2. The van der Waals surface area contributed by atoms with Gasteiger partial charge >= 0.3 is 0 Å². The summed E-state index contributed by atoms with van der Waals surface area (Å²) in [4.78, 5) is 0. The molecule has 0 spiro atoms. The molecule has 3 nitrogen and oxygen atoms in total. The molecule has 1 atom stereocenters. The average molecular weight is 330 g/mol. The van der Waals surface area contributed by atoms with Gasteiger partial charge in [0.05, 0.1) is 23.0 Å². The summed E-state index contributed by atoms with van der Waals surface area (Å²) in [6.07, 6.45) is 8.75. The number of thioether (sulfide) groups is 1. The lowest BCUT2D eigenvalue weighted by Crippen LogP contribution is -2.27. The van der Waals surface area contributed by atoms with Gasteiger partial charge in [-0.1, -0.05) is 37.8 Å². The van der Waals surface area contributed by atoms with Crippen molar-refractivity contribution in [1.29, 1.82) is 0 Å². The van der Waals surface area contributed by atoms with Gasteiger partial charge in [0.25, 0.3) is 0 Å². The highest BCUT2D eigenvalue weighted by molar-refractivity contribution is 7.99. The molecule has 5 heteroatoms. The molecule has 21 heavy (non-hydrogen) atoms. The fraction of sp³-hybridized carbons (Fsp3) is 0.812. The Bertz CT molecular complexity index is 427. The van der Waals surface area contributed by atoms with E-state index in [1.807, 2.05) is 0 Å². The van der Waals surface area contributed by atoms with Gasteiger partial charge in [-0.25, -0.2) is 0 Å². The highest BCUT2D eigenvalue weighted by Gasteiger charge is 2.23. The number of hydrogen-bond donors (Lipinski definition) is 1. The van der Waals surface area contributed by atoms with E-state index in [-0.39, 0.29) is 0 Å². The lowest BCUT2D eigenvalue weighted by atomic mass is 10.0. The average Bonchev–Trinajstić information content (AvgIpc) is 2.86. The van der Waals surface area contributed by atoms with Gasteiger partial charge in [-0.3, -0.25) is 4.68 Å². The first-order valence-corrected chi connectivity index (χ1v) is 9.64. The normalized spacial score (nSPS) is 18.3. The predicted molar refractivity (Wildman–Crippen MR) is 93.4 cm³/mol. The molecule has 0 aliphatic heterocycles. The second kappa shape index (κ2) is 8.44. The number of nitrogens with one attached hydrogen (secondary N) is 1. The second-order valence-corrected chi connectivity index (χ2v) is 7.86. The third kappa shape index (κ3) is 4.64. The van der Waals surface area contributed by atoms with E-state index in [2.05, 4.69) is 47.6 Å².